The summed E-state index contributed by atoms with van der Waals surface area (Å²) in [5, 5.41) is 6.11. The molecule has 1 aromatic rings. The summed E-state index contributed by atoms with van der Waals surface area (Å²) in [6.07, 6.45) is 0.706. The molecule has 0 spiro atoms. The number of nitrogens with one attached hydrogen (secondary N) is 1. The summed E-state index contributed by atoms with van der Waals surface area (Å²) in [4.78, 5) is 26.7. The zero-order valence-corrected chi connectivity index (χ0v) is 12.2. The topological polar surface area (TPSA) is 104 Å². The van der Waals surface area contributed by atoms with Crippen molar-refractivity contribution in [1.82, 2.24) is 5.32 Å². The van der Waals surface area contributed by atoms with Gasteiger partial charge in [0.25, 0.3) is 5.91 Å². The number of methoxy groups -OCH3 is 1. The molecule has 0 aromatic heterocycles. The molecule has 1 amide bonds. The minimum Gasteiger partial charge on any atom is -0.467 e. The van der Waals surface area contributed by atoms with Crippen molar-refractivity contribution in [1.29, 1.82) is 0 Å². The third-order valence-corrected chi connectivity index (χ3v) is 3.26. The molecular formula is C14H18N4O3. The van der Waals surface area contributed by atoms with Crippen LogP contribution in [0.25, 0.3) is 10.4 Å². The number of hydrogen-bond donors (Lipinski definition) is 1. The number of hydrogen-bond acceptors (Lipinski definition) is 4. The van der Waals surface area contributed by atoms with E-state index in [1.165, 1.54) is 19.2 Å². The van der Waals surface area contributed by atoms with Gasteiger partial charge in [0.15, 0.2) is 0 Å². The summed E-state index contributed by atoms with van der Waals surface area (Å²) in [7, 11) is 1.28. The fourth-order valence-corrected chi connectivity index (χ4v) is 1.82. The molecule has 0 aliphatic heterocycles. The SMILES string of the molecule is CCC(C)[C@H](NC(=O)c1ccccc1N=[N+]=[N-])C(=O)OC. The second kappa shape index (κ2) is 7.91. The minimum absolute atomic E-state index is 0.0759. The van der Waals surface area contributed by atoms with Crippen molar-refractivity contribution in [3.8, 4) is 0 Å². The quantitative estimate of drug-likeness (QED) is 0.377. The Bertz CT molecular complexity index is 567. The lowest BCUT2D eigenvalue weighted by atomic mass is 9.98. The second-order valence-corrected chi connectivity index (χ2v) is 4.57. The van der Waals surface area contributed by atoms with Gasteiger partial charge in [0, 0.05) is 10.5 Å². The van der Waals surface area contributed by atoms with Crippen LogP contribution in [0.3, 0.4) is 0 Å². The number of carbonyl (C=O) groups is 2. The molecule has 0 aliphatic carbocycles. The molecule has 1 rings (SSSR count). The predicted molar refractivity (Wildman–Crippen MR) is 78.0 cm³/mol. The Labute approximate surface area is 122 Å². The van der Waals surface area contributed by atoms with Gasteiger partial charge in [0.05, 0.1) is 12.8 Å². The number of amides is 1. The first-order chi connectivity index (χ1) is 10.0. The Morgan fingerprint density at radius 2 is 2.10 bits per heavy atom. The standard InChI is InChI=1S/C14H18N4O3/c1-4-9(2)12(14(20)21-3)16-13(19)10-7-5-6-8-11(10)17-18-15/h5-9,12H,4H2,1-3H3,(H,16,19)/t9?,12-/m0/s1. The van der Waals surface area contributed by atoms with Crippen molar-refractivity contribution in [2.24, 2.45) is 11.0 Å². The average molecular weight is 290 g/mol. The normalized spacial score (nSPS) is 12.7. The Morgan fingerprint density at radius 3 is 2.67 bits per heavy atom. The molecule has 1 N–H and O–H groups in total. The molecule has 0 radical (unpaired) electrons. The van der Waals surface area contributed by atoms with Crippen LogP contribution in [0.5, 0.6) is 0 Å². The highest BCUT2D eigenvalue weighted by Crippen LogP contribution is 2.19. The largest absolute Gasteiger partial charge is 0.467 e. The summed E-state index contributed by atoms with van der Waals surface area (Å²) in [6, 6.07) is 5.64. The summed E-state index contributed by atoms with van der Waals surface area (Å²) in [5.41, 5.74) is 8.94. The predicted octanol–water partition coefficient (Wildman–Crippen LogP) is 2.95. The van der Waals surface area contributed by atoms with Crippen LogP contribution in [0.1, 0.15) is 30.6 Å². The van der Waals surface area contributed by atoms with Gasteiger partial charge in [-0.15, -0.1) is 0 Å². The number of benzene rings is 1. The van der Waals surface area contributed by atoms with E-state index in [0.29, 0.717) is 6.42 Å². The molecule has 21 heavy (non-hydrogen) atoms. The van der Waals surface area contributed by atoms with Crippen molar-refractivity contribution in [3.05, 3.63) is 40.3 Å². The summed E-state index contributed by atoms with van der Waals surface area (Å²) in [6.45, 7) is 3.77. The highest BCUT2D eigenvalue weighted by atomic mass is 16.5. The maximum atomic E-state index is 12.3. The zero-order chi connectivity index (χ0) is 15.8. The fourth-order valence-electron chi connectivity index (χ4n) is 1.82. The molecule has 0 heterocycles. The molecule has 112 valence electrons. The summed E-state index contributed by atoms with van der Waals surface area (Å²) in [5.74, 6) is -1.05. The van der Waals surface area contributed by atoms with Crippen LogP contribution in [0.2, 0.25) is 0 Å². The monoisotopic (exact) mass is 290 g/mol. The third-order valence-electron chi connectivity index (χ3n) is 3.26. The van der Waals surface area contributed by atoms with Crippen molar-refractivity contribution >= 4 is 17.6 Å². The van der Waals surface area contributed by atoms with Gasteiger partial charge in [-0.25, -0.2) is 4.79 Å². The number of azide groups is 1. The van der Waals surface area contributed by atoms with Gasteiger partial charge in [-0.2, -0.15) is 0 Å². The van der Waals surface area contributed by atoms with Crippen LogP contribution < -0.4 is 5.32 Å². The Balaban J connectivity index is 3.02. The number of nitrogens with zero attached hydrogens (tertiary/aromatic N) is 3. The van der Waals surface area contributed by atoms with Gasteiger partial charge in [-0.3, -0.25) is 4.79 Å². The lowest BCUT2D eigenvalue weighted by Gasteiger charge is -2.22. The molecule has 2 atom stereocenters. The first kappa shape index (κ1) is 16.5. The lowest BCUT2D eigenvalue weighted by Crippen LogP contribution is -2.45. The van der Waals surface area contributed by atoms with Crippen LogP contribution >= 0.6 is 0 Å². The smallest absolute Gasteiger partial charge is 0.328 e. The Hall–Kier alpha value is -2.53. The van der Waals surface area contributed by atoms with E-state index in [0.717, 1.165) is 0 Å². The third kappa shape index (κ3) is 4.22. The molecule has 0 bridgehead atoms. The molecule has 7 nitrogen and oxygen atoms in total. The zero-order valence-electron chi connectivity index (χ0n) is 12.2. The molecule has 0 fully saturated rings. The van der Waals surface area contributed by atoms with Gasteiger partial charge in [0.2, 0.25) is 0 Å². The number of carbonyl (C=O) groups excluding carboxylic acids is 2. The molecule has 1 unspecified atom stereocenters. The van der Waals surface area contributed by atoms with E-state index >= 15 is 0 Å². The average Bonchev–Trinajstić information content (AvgIpc) is 2.51. The molecule has 1 aromatic carbocycles. The van der Waals surface area contributed by atoms with Crippen molar-refractivity contribution < 1.29 is 14.3 Å². The Morgan fingerprint density at radius 1 is 1.43 bits per heavy atom. The van der Waals surface area contributed by atoms with E-state index in [1.807, 2.05) is 13.8 Å². The van der Waals surface area contributed by atoms with Gasteiger partial charge >= 0.3 is 5.97 Å². The van der Waals surface area contributed by atoms with Gasteiger partial charge in [-0.05, 0) is 17.5 Å². The first-order valence-electron chi connectivity index (χ1n) is 6.57. The van der Waals surface area contributed by atoms with Gasteiger partial charge < -0.3 is 10.1 Å². The minimum atomic E-state index is -0.744. The number of esters is 1. The highest BCUT2D eigenvalue weighted by molar-refractivity contribution is 6.00. The molecule has 0 aliphatic rings. The summed E-state index contributed by atoms with van der Waals surface area (Å²) < 4.78 is 4.71. The van der Waals surface area contributed by atoms with Crippen molar-refractivity contribution in [2.45, 2.75) is 26.3 Å². The van der Waals surface area contributed by atoms with Crippen LogP contribution in [-0.4, -0.2) is 25.0 Å². The molecular weight excluding hydrogens is 272 g/mol. The Kier molecular flexibility index (Phi) is 6.23. The first-order valence-corrected chi connectivity index (χ1v) is 6.57. The molecule has 7 heteroatoms. The summed E-state index contributed by atoms with van der Waals surface area (Å²) >= 11 is 0. The molecule has 0 saturated carbocycles. The number of ether oxygens (including phenoxy) is 1. The van der Waals surface area contributed by atoms with E-state index in [2.05, 4.69) is 15.3 Å². The van der Waals surface area contributed by atoms with E-state index in [4.69, 9.17) is 10.3 Å². The van der Waals surface area contributed by atoms with E-state index < -0.39 is 17.9 Å². The van der Waals surface area contributed by atoms with Gasteiger partial charge in [0.1, 0.15) is 6.04 Å². The highest BCUT2D eigenvalue weighted by Gasteiger charge is 2.27. The van der Waals surface area contributed by atoms with E-state index in [1.54, 1.807) is 12.1 Å². The molecule has 0 saturated heterocycles. The van der Waals surface area contributed by atoms with Crippen LogP contribution in [0, 0.1) is 5.92 Å². The second-order valence-electron chi connectivity index (χ2n) is 4.57. The number of rotatable bonds is 6. The van der Waals surface area contributed by atoms with E-state index in [9.17, 15) is 9.59 Å². The van der Waals surface area contributed by atoms with E-state index in [-0.39, 0.29) is 17.2 Å². The van der Waals surface area contributed by atoms with Crippen LogP contribution in [-0.2, 0) is 9.53 Å². The van der Waals surface area contributed by atoms with Gasteiger partial charge in [-0.1, -0.05) is 43.6 Å². The fraction of sp³-hybridized carbons (Fsp3) is 0.429. The van der Waals surface area contributed by atoms with Crippen molar-refractivity contribution in [2.75, 3.05) is 7.11 Å². The van der Waals surface area contributed by atoms with Crippen LogP contribution in [0.4, 0.5) is 5.69 Å². The van der Waals surface area contributed by atoms with Crippen LogP contribution in [0.15, 0.2) is 29.4 Å². The maximum absolute atomic E-state index is 12.3. The maximum Gasteiger partial charge on any atom is 0.328 e. The van der Waals surface area contributed by atoms with Crippen molar-refractivity contribution in [3.63, 3.8) is 0 Å². The lowest BCUT2D eigenvalue weighted by molar-refractivity contribution is -0.144.